The summed E-state index contributed by atoms with van der Waals surface area (Å²) in [5.41, 5.74) is 2.25. The average molecular weight is 529 g/mol. The minimum Gasteiger partial charge on any atom is -0.507 e. The lowest BCUT2D eigenvalue weighted by Gasteiger charge is -2.61. The minimum absolute atomic E-state index is 0.0159. The fraction of sp³-hybridized carbons (Fsp3) is 0.688. The van der Waals surface area contributed by atoms with Crippen LogP contribution in [0.3, 0.4) is 0 Å². The third-order valence-electron chi connectivity index (χ3n) is 9.75. The first-order chi connectivity index (χ1) is 17.6. The van der Waals surface area contributed by atoms with Gasteiger partial charge in [-0.2, -0.15) is 0 Å². The molecule has 2 N–H and O–H groups in total. The number of hydrogen-bond donors (Lipinski definition) is 2. The average Bonchev–Trinajstić information content (AvgIpc) is 2.82. The van der Waals surface area contributed by atoms with E-state index in [0.717, 1.165) is 37.7 Å². The van der Waals surface area contributed by atoms with E-state index >= 15 is 0 Å². The van der Waals surface area contributed by atoms with Gasteiger partial charge in [0.15, 0.2) is 6.10 Å². The molecule has 1 heterocycles. The normalized spacial score (nSPS) is 30.1. The van der Waals surface area contributed by atoms with Crippen molar-refractivity contribution < 1.29 is 24.2 Å². The molecule has 1 aromatic rings. The first kappa shape index (κ1) is 30.2. The van der Waals surface area contributed by atoms with E-state index < -0.39 is 17.7 Å². The highest BCUT2D eigenvalue weighted by molar-refractivity contribution is 5.74. The van der Waals surface area contributed by atoms with Crippen molar-refractivity contribution in [1.29, 1.82) is 0 Å². The Hall–Kier alpha value is -2.34. The summed E-state index contributed by atoms with van der Waals surface area (Å²) in [4.78, 5) is 25.7. The molecule has 212 valence electrons. The third-order valence-corrected chi connectivity index (χ3v) is 9.75. The van der Waals surface area contributed by atoms with Crippen molar-refractivity contribution in [3.63, 3.8) is 0 Å². The topological polar surface area (TPSA) is 97.0 Å². The Morgan fingerprint density at radius 2 is 1.89 bits per heavy atom. The van der Waals surface area contributed by atoms with Gasteiger partial charge in [-0.25, -0.2) is 9.59 Å². The van der Waals surface area contributed by atoms with E-state index in [9.17, 15) is 19.8 Å². The van der Waals surface area contributed by atoms with E-state index in [1.807, 2.05) is 13.8 Å². The van der Waals surface area contributed by atoms with Gasteiger partial charge in [-0.15, -0.1) is 0 Å². The molecule has 3 rings (SSSR count). The summed E-state index contributed by atoms with van der Waals surface area (Å²) in [7, 11) is 0. The second-order valence-electron chi connectivity index (χ2n) is 12.9. The van der Waals surface area contributed by atoms with Crippen molar-refractivity contribution in [2.45, 2.75) is 113 Å². The highest BCUT2D eigenvalue weighted by Gasteiger charge is 2.59. The standard InChI is InChI=1S/C32H48O6/c1-18(2)11-10-15-32(9)25-13-12-20(5)24(17-23-28(34)21(6)22(7)37-29(23)35)31(25,8)16-14-26(32)38-30(36)27(33)19(3)4/h11,19,24-27,33-34H,5,10,12-17H2,1-4,6-9H3/t24-,25-,26+,27+,31-,32+/m1/s1. The monoisotopic (exact) mass is 528 g/mol. The molecule has 6 atom stereocenters. The maximum atomic E-state index is 12.9. The maximum Gasteiger partial charge on any atom is 0.342 e. The molecule has 2 saturated carbocycles. The quantitative estimate of drug-likeness (QED) is 0.293. The van der Waals surface area contributed by atoms with E-state index in [0.29, 0.717) is 29.7 Å². The zero-order valence-corrected chi connectivity index (χ0v) is 24.6. The first-order valence-electron chi connectivity index (χ1n) is 14.1. The fourth-order valence-electron chi connectivity index (χ4n) is 7.18. The van der Waals surface area contributed by atoms with E-state index in [2.05, 4.69) is 40.3 Å². The predicted molar refractivity (Wildman–Crippen MR) is 150 cm³/mol. The molecular weight excluding hydrogens is 480 g/mol. The Labute approximate surface area is 228 Å². The van der Waals surface area contributed by atoms with E-state index in [1.165, 1.54) is 5.57 Å². The second kappa shape index (κ2) is 11.4. The van der Waals surface area contributed by atoms with Gasteiger partial charge in [-0.1, -0.05) is 51.5 Å². The van der Waals surface area contributed by atoms with Crippen LogP contribution in [0.2, 0.25) is 0 Å². The van der Waals surface area contributed by atoms with Crippen LogP contribution >= 0.6 is 0 Å². The first-order valence-corrected chi connectivity index (χ1v) is 14.1. The molecule has 1 aromatic heterocycles. The number of rotatable bonds is 8. The van der Waals surface area contributed by atoms with E-state index in [-0.39, 0.29) is 40.4 Å². The summed E-state index contributed by atoms with van der Waals surface area (Å²) < 4.78 is 11.5. The van der Waals surface area contributed by atoms with E-state index in [1.54, 1.807) is 13.8 Å². The summed E-state index contributed by atoms with van der Waals surface area (Å²) >= 11 is 0. The molecule has 0 radical (unpaired) electrons. The number of ether oxygens (including phenoxy) is 1. The van der Waals surface area contributed by atoms with Crippen LogP contribution in [0.25, 0.3) is 0 Å². The minimum atomic E-state index is -1.14. The number of carbonyl (C=O) groups excluding carboxylic acids is 1. The Morgan fingerprint density at radius 1 is 1.24 bits per heavy atom. The van der Waals surface area contributed by atoms with Crippen molar-refractivity contribution in [3.05, 3.63) is 51.1 Å². The number of hydrogen-bond acceptors (Lipinski definition) is 6. The smallest absolute Gasteiger partial charge is 0.342 e. The highest BCUT2D eigenvalue weighted by Crippen LogP contribution is 2.63. The Balaban J connectivity index is 2.02. The van der Waals surface area contributed by atoms with Crippen LogP contribution in [0.15, 0.2) is 33.0 Å². The Morgan fingerprint density at radius 3 is 2.50 bits per heavy atom. The summed E-state index contributed by atoms with van der Waals surface area (Å²) in [6, 6.07) is 0. The fourth-order valence-corrected chi connectivity index (χ4v) is 7.18. The number of allylic oxidation sites excluding steroid dienone is 3. The van der Waals surface area contributed by atoms with Gasteiger partial charge in [0, 0.05) is 11.0 Å². The molecule has 6 nitrogen and oxygen atoms in total. The zero-order chi connectivity index (χ0) is 28.6. The molecule has 0 bridgehead atoms. The molecule has 0 saturated heterocycles. The van der Waals surface area contributed by atoms with Crippen LogP contribution in [0.4, 0.5) is 0 Å². The lowest BCUT2D eigenvalue weighted by atomic mass is 9.45. The van der Waals surface area contributed by atoms with Crippen LogP contribution in [0, 0.1) is 42.4 Å². The molecule has 2 aliphatic carbocycles. The van der Waals surface area contributed by atoms with Gasteiger partial charge in [0.2, 0.25) is 0 Å². The number of esters is 1. The van der Waals surface area contributed by atoms with Crippen LogP contribution in [0.1, 0.15) is 97.0 Å². The maximum absolute atomic E-state index is 12.9. The summed E-state index contributed by atoms with van der Waals surface area (Å²) in [6.45, 7) is 20.2. The van der Waals surface area contributed by atoms with Gasteiger partial charge in [0.1, 0.15) is 17.6 Å². The molecule has 0 spiro atoms. The molecule has 6 heteroatoms. The number of aliphatic hydroxyl groups excluding tert-OH is 1. The van der Waals surface area contributed by atoms with Crippen molar-refractivity contribution in [1.82, 2.24) is 0 Å². The lowest BCUT2D eigenvalue weighted by molar-refractivity contribution is -0.190. The molecule has 0 amide bonds. The number of fused-ring (bicyclic) bond motifs is 1. The Bertz CT molecular complexity index is 1140. The van der Waals surface area contributed by atoms with Crippen LogP contribution in [0.5, 0.6) is 5.75 Å². The second-order valence-corrected chi connectivity index (χ2v) is 12.9. The molecule has 2 fully saturated rings. The summed E-state index contributed by atoms with van der Waals surface area (Å²) in [6.07, 6.45) is 6.09. The van der Waals surface area contributed by atoms with Gasteiger partial charge < -0.3 is 19.4 Å². The van der Waals surface area contributed by atoms with Crippen molar-refractivity contribution in [3.8, 4) is 5.75 Å². The predicted octanol–water partition coefficient (Wildman–Crippen LogP) is 6.57. The van der Waals surface area contributed by atoms with Gasteiger partial charge in [0.25, 0.3) is 0 Å². The third kappa shape index (κ3) is 5.66. The number of aromatic hydroxyl groups is 1. The van der Waals surface area contributed by atoms with Gasteiger partial charge in [0.05, 0.1) is 5.56 Å². The number of aryl methyl sites for hydroxylation is 1. The van der Waals surface area contributed by atoms with E-state index in [4.69, 9.17) is 9.15 Å². The summed E-state index contributed by atoms with van der Waals surface area (Å²) in [5.74, 6) is -0.115. The Kier molecular flexibility index (Phi) is 9.07. The zero-order valence-electron chi connectivity index (χ0n) is 24.6. The molecule has 38 heavy (non-hydrogen) atoms. The van der Waals surface area contributed by atoms with Crippen LogP contribution < -0.4 is 5.63 Å². The molecule has 2 aliphatic rings. The molecule has 0 unspecified atom stereocenters. The van der Waals surface area contributed by atoms with Gasteiger partial charge in [-0.3, -0.25) is 0 Å². The SMILES string of the molecule is C=C1CC[C@H]2[C@](C)(CCC=C(C)C)[C@@H](OC(=O)[C@@H](O)C(C)C)CC[C@]2(C)[C@@H]1Cc1c(O)c(C)c(C)oc1=O. The molecular formula is C32H48O6. The number of carbonyl (C=O) groups is 1. The van der Waals surface area contributed by atoms with Gasteiger partial charge >= 0.3 is 11.6 Å². The van der Waals surface area contributed by atoms with Crippen LogP contribution in [-0.2, 0) is 16.0 Å². The van der Waals surface area contributed by atoms with Gasteiger partial charge in [-0.05, 0) is 95.8 Å². The van der Waals surface area contributed by atoms with Crippen LogP contribution in [-0.4, -0.2) is 28.4 Å². The highest BCUT2D eigenvalue weighted by atomic mass is 16.6. The molecule has 0 aliphatic heterocycles. The van der Waals surface area contributed by atoms with Crippen molar-refractivity contribution >= 4 is 5.97 Å². The largest absolute Gasteiger partial charge is 0.507 e. The van der Waals surface area contributed by atoms with Crippen molar-refractivity contribution in [2.75, 3.05) is 0 Å². The number of aliphatic hydroxyl groups is 1. The summed E-state index contributed by atoms with van der Waals surface area (Å²) in [5, 5.41) is 21.3. The molecule has 0 aromatic carbocycles. The lowest BCUT2D eigenvalue weighted by Crippen LogP contribution is -2.57. The van der Waals surface area contributed by atoms with Crippen molar-refractivity contribution in [2.24, 2.45) is 28.6 Å².